The van der Waals surface area contributed by atoms with E-state index in [-0.39, 0.29) is 5.75 Å². The molecule has 0 spiro atoms. The Morgan fingerprint density at radius 2 is 2.13 bits per heavy atom. The minimum absolute atomic E-state index is 0.217. The molecule has 0 saturated heterocycles. The predicted molar refractivity (Wildman–Crippen MR) is 56.5 cm³/mol. The van der Waals surface area contributed by atoms with Gasteiger partial charge in [0.15, 0.2) is 0 Å². The molecule has 15 heavy (non-hydrogen) atoms. The van der Waals surface area contributed by atoms with Crippen LogP contribution in [0.15, 0.2) is 29.3 Å². The Hall–Kier alpha value is -2.02. The molecule has 0 aliphatic carbocycles. The molecular formula is C11H12N2O2. The fourth-order valence-corrected chi connectivity index (χ4v) is 1.13. The Morgan fingerprint density at radius 3 is 2.67 bits per heavy atom. The molecule has 0 amide bonds. The molecule has 4 nitrogen and oxygen atoms in total. The zero-order valence-corrected chi connectivity index (χ0v) is 8.47. The fourth-order valence-electron chi connectivity index (χ4n) is 1.13. The van der Waals surface area contributed by atoms with Crippen molar-refractivity contribution in [3.05, 3.63) is 29.8 Å². The van der Waals surface area contributed by atoms with Crippen molar-refractivity contribution < 1.29 is 9.84 Å². The van der Waals surface area contributed by atoms with Crippen molar-refractivity contribution in [1.29, 1.82) is 5.26 Å². The van der Waals surface area contributed by atoms with Gasteiger partial charge in [-0.2, -0.15) is 5.26 Å². The Labute approximate surface area is 88.5 Å². The van der Waals surface area contributed by atoms with Crippen LogP contribution in [0.1, 0.15) is 12.5 Å². The van der Waals surface area contributed by atoms with Crippen LogP contribution < -0.4 is 0 Å². The van der Waals surface area contributed by atoms with E-state index >= 15 is 0 Å². The van der Waals surface area contributed by atoms with Gasteiger partial charge in [-0.15, -0.1) is 4.99 Å². The summed E-state index contributed by atoms with van der Waals surface area (Å²) in [4.78, 5) is 3.57. The Bertz CT molecular complexity index is 377. The summed E-state index contributed by atoms with van der Waals surface area (Å²) in [6, 6.07) is 6.71. The Balaban J connectivity index is 2.71. The standard InChI is InChI=1S/C11H12N2O2/c1-2-15-11(13-8-12)7-9-3-5-10(14)6-4-9/h3-6,14H,2,7H2,1H3. The normalized spacial score (nSPS) is 10.8. The zero-order chi connectivity index (χ0) is 11.1. The third-order valence-electron chi connectivity index (χ3n) is 1.78. The van der Waals surface area contributed by atoms with E-state index in [1.807, 2.05) is 6.92 Å². The van der Waals surface area contributed by atoms with Crippen molar-refractivity contribution >= 4 is 5.90 Å². The molecule has 0 aliphatic rings. The number of nitrogens with zero attached hydrogens (tertiary/aromatic N) is 2. The summed E-state index contributed by atoms with van der Waals surface area (Å²) in [6.45, 7) is 2.32. The second kappa shape index (κ2) is 5.66. The molecule has 0 bridgehead atoms. The molecule has 0 heterocycles. The van der Waals surface area contributed by atoms with Gasteiger partial charge >= 0.3 is 0 Å². The molecule has 0 unspecified atom stereocenters. The van der Waals surface area contributed by atoms with Gasteiger partial charge in [-0.05, 0) is 24.6 Å². The molecule has 0 aliphatic heterocycles. The third-order valence-corrected chi connectivity index (χ3v) is 1.78. The minimum atomic E-state index is 0.217. The molecule has 1 rings (SSSR count). The smallest absolute Gasteiger partial charge is 0.208 e. The number of phenolic OH excluding ortho intramolecular Hbond substituents is 1. The van der Waals surface area contributed by atoms with Crippen LogP contribution in [0.3, 0.4) is 0 Å². The van der Waals surface area contributed by atoms with Gasteiger partial charge < -0.3 is 9.84 Å². The van der Waals surface area contributed by atoms with Crippen molar-refractivity contribution in [2.45, 2.75) is 13.3 Å². The van der Waals surface area contributed by atoms with E-state index in [0.29, 0.717) is 18.9 Å². The van der Waals surface area contributed by atoms with Gasteiger partial charge in [0, 0.05) is 6.42 Å². The van der Waals surface area contributed by atoms with E-state index in [0.717, 1.165) is 5.56 Å². The van der Waals surface area contributed by atoms with Crippen molar-refractivity contribution in [3.8, 4) is 11.9 Å². The molecule has 78 valence electrons. The third kappa shape index (κ3) is 3.69. The molecular weight excluding hydrogens is 192 g/mol. The molecule has 0 saturated carbocycles. The first-order valence-electron chi connectivity index (χ1n) is 4.62. The maximum absolute atomic E-state index is 9.08. The molecule has 1 N–H and O–H groups in total. The summed E-state index contributed by atoms with van der Waals surface area (Å²) >= 11 is 0. The minimum Gasteiger partial charge on any atom is -0.508 e. The first-order chi connectivity index (χ1) is 7.26. The van der Waals surface area contributed by atoms with Crippen LogP contribution in [0.2, 0.25) is 0 Å². The number of phenols is 1. The highest BCUT2D eigenvalue weighted by Gasteiger charge is 2.02. The highest BCUT2D eigenvalue weighted by molar-refractivity contribution is 5.79. The van der Waals surface area contributed by atoms with Crippen molar-refractivity contribution in [3.63, 3.8) is 0 Å². The van der Waals surface area contributed by atoms with Gasteiger partial charge in [0.25, 0.3) is 0 Å². The lowest BCUT2D eigenvalue weighted by molar-refractivity contribution is 0.320. The number of rotatable bonds is 3. The van der Waals surface area contributed by atoms with Crippen LogP contribution in [0.4, 0.5) is 0 Å². The second-order valence-electron chi connectivity index (χ2n) is 2.88. The van der Waals surface area contributed by atoms with Crippen LogP contribution >= 0.6 is 0 Å². The van der Waals surface area contributed by atoms with Crippen LogP contribution in [-0.2, 0) is 11.2 Å². The lowest BCUT2D eigenvalue weighted by Gasteiger charge is -2.05. The topological polar surface area (TPSA) is 65.6 Å². The Morgan fingerprint density at radius 1 is 1.47 bits per heavy atom. The van der Waals surface area contributed by atoms with E-state index in [1.165, 1.54) is 0 Å². The molecule has 0 radical (unpaired) electrons. The summed E-state index contributed by atoms with van der Waals surface area (Å²) in [6.07, 6.45) is 2.16. The van der Waals surface area contributed by atoms with Crippen molar-refractivity contribution in [2.75, 3.05) is 6.61 Å². The highest BCUT2D eigenvalue weighted by atomic mass is 16.5. The number of benzene rings is 1. The predicted octanol–water partition coefficient (Wildman–Crippen LogP) is 1.85. The molecule has 0 aromatic heterocycles. The monoisotopic (exact) mass is 204 g/mol. The number of aliphatic imine (C=N–C) groups is 1. The summed E-state index contributed by atoms with van der Waals surface area (Å²) in [5.74, 6) is 0.611. The highest BCUT2D eigenvalue weighted by Crippen LogP contribution is 2.10. The van der Waals surface area contributed by atoms with Gasteiger partial charge in [-0.1, -0.05) is 12.1 Å². The lowest BCUT2D eigenvalue weighted by atomic mass is 10.1. The van der Waals surface area contributed by atoms with Crippen molar-refractivity contribution in [2.24, 2.45) is 4.99 Å². The van der Waals surface area contributed by atoms with E-state index in [9.17, 15) is 0 Å². The number of nitriles is 1. The molecule has 1 aromatic carbocycles. The van der Waals surface area contributed by atoms with Crippen molar-refractivity contribution in [1.82, 2.24) is 0 Å². The van der Waals surface area contributed by atoms with Gasteiger partial charge in [-0.3, -0.25) is 0 Å². The van der Waals surface area contributed by atoms with Crippen LogP contribution in [-0.4, -0.2) is 17.6 Å². The number of hydrogen-bond acceptors (Lipinski definition) is 4. The van der Waals surface area contributed by atoms with E-state index < -0.39 is 0 Å². The number of hydrogen-bond donors (Lipinski definition) is 1. The molecule has 4 heteroatoms. The summed E-state index contributed by atoms with van der Waals surface area (Å²) in [5.41, 5.74) is 0.940. The maximum atomic E-state index is 9.08. The molecule has 0 atom stereocenters. The van der Waals surface area contributed by atoms with Crippen LogP contribution in [0, 0.1) is 11.5 Å². The maximum Gasteiger partial charge on any atom is 0.208 e. The quantitative estimate of drug-likeness (QED) is 0.464. The fraction of sp³-hybridized carbons (Fsp3) is 0.273. The number of ether oxygens (including phenoxy) is 1. The lowest BCUT2D eigenvalue weighted by Crippen LogP contribution is -2.07. The van der Waals surface area contributed by atoms with Gasteiger partial charge in [-0.25, -0.2) is 0 Å². The molecule has 1 aromatic rings. The average Bonchev–Trinajstić information content (AvgIpc) is 2.22. The second-order valence-corrected chi connectivity index (χ2v) is 2.88. The SMILES string of the molecule is CCOC(Cc1ccc(O)cc1)=NC#N. The summed E-state index contributed by atoms with van der Waals surface area (Å²) < 4.78 is 5.18. The summed E-state index contributed by atoms with van der Waals surface area (Å²) in [5, 5.41) is 17.5. The van der Waals surface area contributed by atoms with Gasteiger partial charge in [0.05, 0.1) is 6.61 Å². The zero-order valence-electron chi connectivity index (χ0n) is 8.47. The van der Waals surface area contributed by atoms with Crippen LogP contribution in [0.5, 0.6) is 5.75 Å². The van der Waals surface area contributed by atoms with E-state index in [1.54, 1.807) is 30.5 Å². The van der Waals surface area contributed by atoms with Crippen LogP contribution in [0.25, 0.3) is 0 Å². The average molecular weight is 204 g/mol. The molecule has 0 fully saturated rings. The van der Waals surface area contributed by atoms with E-state index in [2.05, 4.69) is 4.99 Å². The van der Waals surface area contributed by atoms with E-state index in [4.69, 9.17) is 15.1 Å². The van der Waals surface area contributed by atoms with Gasteiger partial charge in [0.2, 0.25) is 12.1 Å². The largest absolute Gasteiger partial charge is 0.508 e. The van der Waals surface area contributed by atoms with Gasteiger partial charge in [0.1, 0.15) is 5.75 Å². The first kappa shape index (κ1) is 11.1. The first-order valence-corrected chi connectivity index (χ1v) is 4.62. The Kier molecular flexibility index (Phi) is 4.17. The summed E-state index contributed by atoms with van der Waals surface area (Å²) in [7, 11) is 0. The number of aromatic hydroxyl groups is 1.